The van der Waals surface area contributed by atoms with Gasteiger partial charge in [-0.1, -0.05) is 32.9 Å². The molecule has 4 heterocycles. The summed E-state index contributed by atoms with van der Waals surface area (Å²) in [5, 5.41) is 0. The monoisotopic (exact) mass is 473 g/mol. The standard InChI is InChI=1S/C27H31N5O3/c1-18-28-12-14-30(18)24-9-5-7-20(29-24)21-8-6-13-31(21)25(33)16-32-22-15-19(27(2,3)4)10-11-23(22)35-17-26(32)34/h5,7,9-12,14-15,21H,6,8,13,16-17H2,1-4H3/t21-/m1/s1. The van der Waals surface area contributed by atoms with Gasteiger partial charge in [0.1, 0.15) is 23.9 Å². The molecule has 8 heteroatoms. The molecule has 1 fully saturated rings. The Morgan fingerprint density at radius 1 is 1.20 bits per heavy atom. The van der Waals surface area contributed by atoms with Crippen LogP contribution in [0.15, 0.2) is 48.8 Å². The lowest BCUT2D eigenvalue weighted by Gasteiger charge is -2.33. The second-order valence-electron chi connectivity index (χ2n) is 10.2. The van der Waals surface area contributed by atoms with E-state index in [0.29, 0.717) is 18.0 Å². The third kappa shape index (κ3) is 4.40. The topological polar surface area (TPSA) is 80.6 Å². The summed E-state index contributed by atoms with van der Waals surface area (Å²) in [6.07, 6.45) is 5.37. The number of imidazole rings is 1. The summed E-state index contributed by atoms with van der Waals surface area (Å²) < 4.78 is 7.59. The Kier molecular flexibility index (Phi) is 5.83. The molecule has 0 saturated carbocycles. The number of aromatic nitrogens is 3. The second kappa shape index (κ2) is 8.83. The first kappa shape index (κ1) is 23.1. The smallest absolute Gasteiger partial charge is 0.265 e. The summed E-state index contributed by atoms with van der Waals surface area (Å²) in [4.78, 5) is 39.0. The SMILES string of the molecule is Cc1nccn1-c1cccc([C@H]2CCCN2C(=O)CN2C(=O)COc3ccc(C(C)(C)C)cc32)n1. The van der Waals surface area contributed by atoms with Gasteiger partial charge in [-0.05, 0) is 55.0 Å². The molecule has 3 aromatic rings. The molecule has 1 aromatic carbocycles. The Balaban J connectivity index is 1.40. The van der Waals surface area contributed by atoms with Crippen LogP contribution in [0.25, 0.3) is 5.82 Å². The van der Waals surface area contributed by atoms with E-state index in [1.807, 2.05) is 59.0 Å². The predicted molar refractivity (Wildman–Crippen MR) is 133 cm³/mol. The lowest BCUT2D eigenvalue weighted by Crippen LogP contribution is -2.46. The summed E-state index contributed by atoms with van der Waals surface area (Å²) in [6.45, 7) is 8.87. The molecule has 0 N–H and O–H groups in total. The fourth-order valence-electron chi connectivity index (χ4n) is 4.82. The van der Waals surface area contributed by atoms with E-state index >= 15 is 0 Å². The number of hydrogen-bond acceptors (Lipinski definition) is 5. The fourth-order valence-corrected chi connectivity index (χ4v) is 4.82. The van der Waals surface area contributed by atoms with Crippen LogP contribution in [-0.2, 0) is 15.0 Å². The van der Waals surface area contributed by atoms with Crippen molar-refractivity contribution in [3.63, 3.8) is 0 Å². The first-order valence-corrected chi connectivity index (χ1v) is 12.1. The van der Waals surface area contributed by atoms with Crippen LogP contribution in [-0.4, -0.2) is 50.9 Å². The van der Waals surface area contributed by atoms with E-state index in [-0.39, 0.29) is 36.4 Å². The number of hydrogen-bond donors (Lipinski definition) is 0. The lowest BCUT2D eigenvalue weighted by atomic mass is 9.86. The van der Waals surface area contributed by atoms with Crippen molar-refractivity contribution in [2.24, 2.45) is 0 Å². The molecular formula is C27H31N5O3. The van der Waals surface area contributed by atoms with Gasteiger partial charge in [0.05, 0.1) is 17.4 Å². The van der Waals surface area contributed by atoms with Crippen molar-refractivity contribution in [1.82, 2.24) is 19.4 Å². The first-order chi connectivity index (χ1) is 16.7. The molecule has 0 bridgehead atoms. The minimum Gasteiger partial charge on any atom is -0.482 e. The highest BCUT2D eigenvalue weighted by Crippen LogP contribution is 2.37. The van der Waals surface area contributed by atoms with Crippen LogP contribution < -0.4 is 9.64 Å². The third-order valence-corrected chi connectivity index (χ3v) is 6.80. The normalized spacial score (nSPS) is 17.9. The molecule has 8 nitrogen and oxygen atoms in total. The molecule has 182 valence electrons. The summed E-state index contributed by atoms with van der Waals surface area (Å²) >= 11 is 0. The second-order valence-corrected chi connectivity index (χ2v) is 10.2. The molecule has 1 atom stereocenters. The predicted octanol–water partition coefficient (Wildman–Crippen LogP) is 3.96. The Morgan fingerprint density at radius 3 is 2.77 bits per heavy atom. The van der Waals surface area contributed by atoms with E-state index in [1.165, 1.54) is 0 Å². The molecule has 5 rings (SSSR count). The highest BCUT2D eigenvalue weighted by atomic mass is 16.5. The molecule has 0 aliphatic carbocycles. The number of aryl methyl sites for hydroxylation is 1. The van der Waals surface area contributed by atoms with Gasteiger partial charge in [-0.2, -0.15) is 0 Å². The van der Waals surface area contributed by atoms with Gasteiger partial charge in [0.15, 0.2) is 6.61 Å². The Bertz CT molecular complexity index is 1280. The number of benzene rings is 1. The number of likely N-dealkylation sites (tertiary alicyclic amines) is 1. The molecular weight excluding hydrogens is 442 g/mol. The minimum atomic E-state index is -0.205. The van der Waals surface area contributed by atoms with Crippen molar-refractivity contribution in [3.8, 4) is 11.6 Å². The maximum atomic E-state index is 13.6. The number of rotatable bonds is 4. The van der Waals surface area contributed by atoms with Gasteiger partial charge < -0.3 is 9.64 Å². The molecule has 2 aromatic heterocycles. The van der Waals surface area contributed by atoms with E-state index in [4.69, 9.17) is 9.72 Å². The Labute approximate surface area is 205 Å². The van der Waals surface area contributed by atoms with E-state index in [2.05, 4.69) is 25.8 Å². The molecule has 1 saturated heterocycles. The molecule has 2 amide bonds. The number of carbonyl (C=O) groups is 2. The number of carbonyl (C=O) groups excluding carboxylic acids is 2. The number of nitrogens with zero attached hydrogens (tertiary/aromatic N) is 5. The zero-order chi connectivity index (χ0) is 24.7. The van der Waals surface area contributed by atoms with Gasteiger partial charge in [-0.3, -0.25) is 19.1 Å². The maximum absolute atomic E-state index is 13.6. The first-order valence-electron chi connectivity index (χ1n) is 12.1. The Morgan fingerprint density at radius 2 is 2.03 bits per heavy atom. The molecule has 0 radical (unpaired) electrons. The van der Waals surface area contributed by atoms with Gasteiger partial charge in [0.2, 0.25) is 5.91 Å². The highest BCUT2D eigenvalue weighted by Gasteiger charge is 2.35. The highest BCUT2D eigenvalue weighted by molar-refractivity contribution is 6.02. The van der Waals surface area contributed by atoms with E-state index < -0.39 is 0 Å². The van der Waals surface area contributed by atoms with Crippen LogP contribution in [0.1, 0.15) is 56.7 Å². The van der Waals surface area contributed by atoms with Gasteiger partial charge in [-0.15, -0.1) is 0 Å². The number of ether oxygens (including phenoxy) is 1. The van der Waals surface area contributed by atoms with Crippen molar-refractivity contribution in [2.75, 3.05) is 24.6 Å². The van der Waals surface area contributed by atoms with Crippen LogP contribution in [0.5, 0.6) is 5.75 Å². The van der Waals surface area contributed by atoms with Crippen LogP contribution >= 0.6 is 0 Å². The summed E-state index contributed by atoms with van der Waals surface area (Å²) in [7, 11) is 0. The largest absolute Gasteiger partial charge is 0.482 e. The van der Waals surface area contributed by atoms with Crippen LogP contribution in [0.2, 0.25) is 0 Å². The van der Waals surface area contributed by atoms with Crippen molar-refractivity contribution >= 4 is 17.5 Å². The summed E-state index contributed by atoms with van der Waals surface area (Å²) in [5.41, 5.74) is 2.51. The van der Waals surface area contributed by atoms with Gasteiger partial charge in [-0.25, -0.2) is 9.97 Å². The van der Waals surface area contributed by atoms with E-state index in [9.17, 15) is 9.59 Å². The van der Waals surface area contributed by atoms with Crippen molar-refractivity contribution in [3.05, 3.63) is 65.9 Å². The lowest BCUT2D eigenvalue weighted by molar-refractivity contribution is -0.132. The molecule has 35 heavy (non-hydrogen) atoms. The summed E-state index contributed by atoms with van der Waals surface area (Å²) in [6, 6.07) is 11.6. The number of fused-ring (bicyclic) bond motifs is 1. The van der Waals surface area contributed by atoms with Crippen LogP contribution in [0, 0.1) is 6.92 Å². The average Bonchev–Trinajstić information content (AvgIpc) is 3.49. The minimum absolute atomic E-state index is 0.0143. The average molecular weight is 474 g/mol. The van der Waals surface area contributed by atoms with Crippen molar-refractivity contribution in [2.45, 2.75) is 52.0 Å². The fraction of sp³-hybridized carbons (Fsp3) is 0.407. The third-order valence-electron chi connectivity index (χ3n) is 6.80. The van der Waals surface area contributed by atoms with Crippen LogP contribution in [0.3, 0.4) is 0 Å². The number of amides is 2. The van der Waals surface area contributed by atoms with Gasteiger partial charge >= 0.3 is 0 Å². The van der Waals surface area contributed by atoms with Crippen molar-refractivity contribution in [1.29, 1.82) is 0 Å². The van der Waals surface area contributed by atoms with Crippen LogP contribution in [0.4, 0.5) is 5.69 Å². The van der Waals surface area contributed by atoms with E-state index in [0.717, 1.165) is 35.7 Å². The van der Waals surface area contributed by atoms with Gasteiger partial charge in [0.25, 0.3) is 5.91 Å². The van der Waals surface area contributed by atoms with Gasteiger partial charge in [0, 0.05) is 18.9 Å². The number of pyridine rings is 1. The molecule has 2 aliphatic rings. The quantitative estimate of drug-likeness (QED) is 0.573. The maximum Gasteiger partial charge on any atom is 0.265 e. The zero-order valence-electron chi connectivity index (χ0n) is 20.7. The molecule has 2 aliphatic heterocycles. The van der Waals surface area contributed by atoms with E-state index in [1.54, 1.807) is 11.1 Å². The number of anilines is 1. The Hall–Kier alpha value is -3.68. The molecule has 0 unspecified atom stereocenters. The van der Waals surface area contributed by atoms with Crippen molar-refractivity contribution < 1.29 is 14.3 Å². The molecule has 0 spiro atoms. The summed E-state index contributed by atoms with van der Waals surface area (Å²) in [5.74, 6) is 1.98. The zero-order valence-corrected chi connectivity index (χ0v) is 20.7.